The summed E-state index contributed by atoms with van der Waals surface area (Å²) in [7, 11) is 0. The molecule has 0 unspecified atom stereocenters. The Morgan fingerprint density at radius 1 is 1.12 bits per heavy atom. The number of anilines is 1. The average molecular weight is 388 g/mol. The first-order valence-corrected chi connectivity index (χ1v) is 8.67. The molecule has 1 aliphatic carbocycles. The Morgan fingerprint density at radius 3 is 2.42 bits per heavy atom. The monoisotopic (exact) mass is 387 g/mol. The number of aliphatic carboxylic acids is 1. The van der Waals surface area contributed by atoms with Crippen LogP contribution in [-0.2, 0) is 21.4 Å². The van der Waals surface area contributed by atoms with Crippen molar-refractivity contribution in [2.24, 2.45) is 0 Å². The van der Waals surface area contributed by atoms with Gasteiger partial charge in [0, 0.05) is 16.6 Å². The minimum atomic E-state index is -0.808. The molecule has 0 aromatic heterocycles. The predicted molar refractivity (Wildman–Crippen MR) is 96.1 cm³/mol. The molecule has 2 N–H and O–H groups in total. The lowest BCUT2D eigenvalue weighted by atomic mass is 9.95. The number of carboxylic acid groups (broad SMARTS) is 1. The van der Waals surface area contributed by atoms with Crippen molar-refractivity contribution in [3.8, 4) is 0 Å². The lowest BCUT2D eigenvalue weighted by molar-refractivity contribution is -0.137. The second-order valence-electron chi connectivity index (χ2n) is 6.14. The number of hydrogen-bond donors (Lipinski definition) is 2. The molecule has 0 atom stereocenters. The number of carbonyl (C=O) groups is 2. The topological polar surface area (TPSA) is 66.4 Å². The molecule has 3 rings (SSSR count). The average Bonchev–Trinajstić information content (AvgIpc) is 3.36. The largest absolute Gasteiger partial charge is 0.481 e. The van der Waals surface area contributed by atoms with Crippen molar-refractivity contribution in [3.63, 3.8) is 0 Å². The van der Waals surface area contributed by atoms with Gasteiger partial charge in [-0.05, 0) is 54.7 Å². The maximum Gasteiger partial charge on any atom is 0.303 e. The first-order chi connectivity index (χ1) is 11.5. The summed E-state index contributed by atoms with van der Waals surface area (Å²) in [5.41, 5.74) is 2.29. The smallest absolute Gasteiger partial charge is 0.303 e. The van der Waals surface area contributed by atoms with Crippen LogP contribution < -0.4 is 5.32 Å². The molecule has 1 fully saturated rings. The summed E-state index contributed by atoms with van der Waals surface area (Å²) in [6.07, 6.45) is 2.31. The Bertz CT molecular complexity index is 766. The van der Waals surface area contributed by atoms with E-state index >= 15 is 0 Å². The fraction of sp³-hybridized carbons (Fsp3) is 0.263. The Balaban J connectivity index is 1.67. The van der Waals surface area contributed by atoms with Gasteiger partial charge in [0.15, 0.2) is 0 Å². The summed E-state index contributed by atoms with van der Waals surface area (Å²) >= 11 is 3.46. The third-order valence-corrected chi connectivity index (χ3v) is 4.89. The normalized spacial score (nSPS) is 14.9. The molecule has 1 saturated carbocycles. The van der Waals surface area contributed by atoms with E-state index in [1.165, 1.54) is 0 Å². The van der Waals surface area contributed by atoms with Crippen LogP contribution in [0.2, 0.25) is 0 Å². The van der Waals surface area contributed by atoms with Gasteiger partial charge < -0.3 is 10.4 Å². The van der Waals surface area contributed by atoms with Crippen LogP contribution in [0.25, 0.3) is 0 Å². The van der Waals surface area contributed by atoms with E-state index in [4.69, 9.17) is 5.11 Å². The highest BCUT2D eigenvalue weighted by Crippen LogP contribution is 2.49. The number of carbonyl (C=O) groups excluding carboxylic acids is 1. The molecule has 0 aliphatic heterocycles. The van der Waals surface area contributed by atoms with Crippen molar-refractivity contribution in [3.05, 3.63) is 64.1 Å². The summed E-state index contributed by atoms with van der Waals surface area (Å²) in [5, 5.41) is 11.7. The van der Waals surface area contributed by atoms with Crippen molar-refractivity contribution in [1.82, 2.24) is 0 Å². The number of benzene rings is 2. The van der Waals surface area contributed by atoms with E-state index in [-0.39, 0.29) is 12.3 Å². The molecule has 1 aliphatic rings. The fourth-order valence-electron chi connectivity index (χ4n) is 2.81. The Morgan fingerprint density at radius 2 is 1.83 bits per heavy atom. The molecule has 5 heteroatoms. The van der Waals surface area contributed by atoms with E-state index in [1.54, 1.807) is 0 Å². The van der Waals surface area contributed by atoms with Crippen LogP contribution in [0.15, 0.2) is 53.0 Å². The van der Waals surface area contributed by atoms with Crippen LogP contribution in [-0.4, -0.2) is 17.0 Å². The van der Waals surface area contributed by atoms with Crippen molar-refractivity contribution in [1.29, 1.82) is 0 Å². The zero-order valence-corrected chi connectivity index (χ0v) is 14.7. The Labute approximate surface area is 149 Å². The van der Waals surface area contributed by atoms with E-state index in [2.05, 4.69) is 21.2 Å². The van der Waals surface area contributed by atoms with Crippen molar-refractivity contribution in [2.75, 3.05) is 5.32 Å². The van der Waals surface area contributed by atoms with Gasteiger partial charge in [-0.2, -0.15) is 0 Å². The predicted octanol–water partition coefficient (Wildman–Crippen LogP) is 4.14. The van der Waals surface area contributed by atoms with Crippen LogP contribution >= 0.6 is 15.9 Å². The minimum absolute atomic E-state index is 0.0129. The van der Waals surface area contributed by atoms with Crippen LogP contribution in [0.4, 0.5) is 5.69 Å². The second kappa shape index (κ2) is 6.77. The van der Waals surface area contributed by atoms with Gasteiger partial charge in [0.05, 0.1) is 5.41 Å². The molecule has 0 bridgehead atoms. The van der Waals surface area contributed by atoms with Gasteiger partial charge in [0.1, 0.15) is 0 Å². The van der Waals surface area contributed by atoms with Crippen LogP contribution in [0, 0.1) is 0 Å². The molecule has 0 radical (unpaired) electrons. The van der Waals surface area contributed by atoms with Crippen molar-refractivity contribution >= 4 is 33.5 Å². The summed E-state index contributed by atoms with van der Waals surface area (Å²) in [4.78, 5) is 23.3. The van der Waals surface area contributed by atoms with Gasteiger partial charge in [-0.3, -0.25) is 9.59 Å². The van der Waals surface area contributed by atoms with E-state index in [9.17, 15) is 9.59 Å². The molecular weight excluding hydrogens is 370 g/mol. The molecule has 0 saturated heterocycles. The lowest BCUT2D eigenvalue weighted by Crippen LogP contribution is -2.27. The van der Waals surface area contributed by atoms with Gasteiger partial charge >= 0.3 is 5.97 Å². The number of nitrogens with one attached hydrogen (secondary N) is 1. The minimum Gasteiger partial charge on any atom is -0.481 e. The second-order valence-corrected chi connectivity index (χ2v) is 7.05. The maximum absolute atomic E-state index is 12.7. The number of halogens is 1. The molecule has 2 aromatic rings. The van der Waals surface area contributed by atoms with E-state index in [1.807, 2.05) is 48.5 Å². The van der Waals surface area contributed by atoms with E-state index in [0.29, 0.717) is 6.42 Å². The third kappa shape index (κ3) is 3.67. The molecule has 0 spiro atoms. The standard InChI is InChI=1S/C19H18BrNO3/c20-15-3-1-2-14(12-15)19(10-11-19)18(24)21-16-7-4-13(5-8-16)6-9-17(22)23/h1-5,7-8,12H,6,9-11H2,(H,21,24)(H,22,23). The zero-order chi connectivity index (χ0) is 17.2. The fourth-order valence-corrected chi connectivity index (χ4v) is 3.21. The molecule has 1 amide bonds. The Hall–Kier alpha value is -2.14. The zero-order valence-electron chi connectivity index (χ0n) is 13.1. The molecular formula is C19H18BrNO3. The van der Waals surface area contributed by atoms with Crippen LogP contribution in [0.3, 0.4) is 0 Å². The van der Waals surface area contributed by atoms with E-state index < -0.39 is 11.4 Å². The molecule has 0 heterocycles. The number of hydrogen-bond acceptors (Lipinski definition) is 2. The van der Waals surface area contributed by atoms with Gasteiger partial charge in [-0.15, -0.1) is 0 Å². The number of carboxylic acids is 1. The van der Waals surface area contributed by atoms with Gasteiger partial charge in [0.2, 0.25) is 5.91 Å². The molecule has 4 nitrogen and oxygen atoms in total. The molecule has 124 valence electrons. The van der Waals surface area contributed by atoms with Crippen LogP contribution in [0.1, 0.15) is 30.4 Å². The number of aryl methyl sites for hydroxylation is 1. The Kier molecular flexibility index (Phi) is 4.71. The van der Waals surface area contributed by atoms with E-state index in [0.717, 1.165) is 34.1 Å². The van der Waals surface area contributed by atoms with Crippen molar-refractivity contribution < 1.29 is 14.7 Å². The van der Waals surface area contributed by atoms with Gasteiger partial charge in [-0.25, -0.2) is 0 Å². The summed E-state index contributed by atoms with van der Waals surface area (Å²) < 4.78 is 0.974. The summed E-state index contributed by atoms with van der Waals surface area (Å²) in [6, 6.07) is 15.3. The van der Waals surface area contributed by atoms with Crippen LogP contribution in [0.5, 0.6) is 0 Å². The van der Waals surface area contributed by atoms with Gasteiger partial charge in [-0.1, -0.05) is 40.2 Å². The SMILES string of the molecule is O=C(O)CCc1ccc(NC(=O)C2(c3cccc(Br)c3)CC2)cc1. The quantitative estimate of drug-likeness (QED) is 0.782. The highest BCUT2D eigenvalue weighted by molar-refractivity contribution is 9.10. The highest BCUT2D eigenvalue weighted by atomic mass is 79.9. The first-order valence-electron chi connectivity index (χ1n) is 7.88. The molecule has 2 aromatic carbocycles. The summed E-state index contributed by atoms with van der Waals surface area (Å²) in [5.74, 6) is -0.795. The third-order valence-electron chi connectivity index (χ3n) is 4.40. The maximum atomic E-state index is 12.7. The number of rotatable bonds is 6. The van der Waals surface area contributed by atoms with Crippen molar-refractivity contribution in [2.45, 2.75) is 31.1 Å². The summed E-state index contributed by atoms with van der Waals surface area (Å²) in [6.45, 7) is 0. The first kappa shape index (κ1) is 16.7. The number of amides is 1. The van der Waals surface area contributed by atoms with Gasteiger partial charge in [0.25, 0.3) is 0 Å². The molecule has 24 heavy (non-hydrogen) atoms. The lowest BCUT2D eigenvalue weighted by Gasteiger charge is -2.16. The highest BCUT2D eigenvalue weighted by Gasteiger charge is 2.51.